The molecule has 1 N–H and O–H groups in total. The van der Waals surface area contributed by atoms with Crippen LogP contribution in [0.3, 0.4) is 0 Å². The first kappa shape index (κ1) is 15.6. The summed E-state index contributed by atoms with van der Waals surface area (Å²) in [4.78, 5) is 24.4. The molecule has 0 aliphatic heterocycles. The van der Waals surface area contributed by atoms with E-state index in [-0.39, 0.29) is 26.2 Å². The predicted molar refractivity (Wildman–Crippen MR) is 56.9 cm³/mol. The van der Waals surface area contributed by atoms with E-state index in [1.807, 2.05) is 0 Å². The van der Waals surface area contributed by atoms with Crippen LogP contribution in [-0.2, 0) is 19.2 Å². The van der Waals surface area contributed by atoms with Gasteiger partial charge in [0.2, 0.25) is 0 Å². The largest absolute Gasteiger partial charge is 0.444 e. The Morgan fingerprint density at radius 1 is 1.24 bits per heavy atom. The summed E-state index contributed by atoms with van der Waals surface area (Å²) in [6.07, 6.45) is -0.701. The Bertz CT molecular complexity index is 252. The van der Waals surface area contributed by atoms with Crippen molar-refractivity contribution in [2.24, 2.45) is 0 Å². The van der Waals surface area contributed by atoms with Crippen molar-refractivity contribution < 1.29 is 28.5 Å². The third-order valence-corrected chi connectivity index (χ3v) is 1.45. The van der Waals surface area contributed by atoms with Crippen LogP contribution in [0.25, 0.3) is 0 Å². The molecule has 17 heavy (non-hydrogen) atoms. The van der Waals surface area contributed by atoms with E-state index in [0.717, 1.165) is 0 Å². The zero-order valence-electron chi connectivity index (χ0n) is 10.2. The molecule has 0 aromatic carbocycles. The Kier molecular flexibility index (Phi) is 7.20. The maximum absolute atomic E-state index is 11.2. The fourth-order valence-electron chi connectivity index (χ4n) is 0.836. The average molecular weight is 251 g/mol. The van der Waals surface area contributed by atoms with E-state index < -0.39 is 17.7 Å². The van der Waals surface area contributed by atoms with Crippen molar-refractivity contribution in [3.8, 4) is 0 Å². The Hall–Kier alpha value is -1.37. The van der Waals surface area contributed by atoms with Crippen molar-refractivity contribution in [2.75, 3.05) is 19.8 Å². The molecule has 0 atom stereocenters. The van der Waals surface area contributed by atoms with Crippen molar-refractivity contribution in [1.82, 2.24) is 5.32 Å². The minimum absolute atomic E-state index is 0.0404. The van der Waals surface area contributed by atoms with Gasteiger partial charge in [-0.05, 0) is 20.8 Å². The van der Waals surface area contributed by atoms with Crippen LogP contribution in [0, 0.1) is 0 Å². The number of halogens is 1. The summed E-state index contributed by atoms with van der Waals surface area (Å²) < 4.78 is 21.2. The van der Waals surface area contributed by atoms with Gasteiger partial charge in [-0.3, -0.25) is 4.94 Å². The van der Waals surface area contributed by atoms with Crippen LogP contribution in [-0.4, -0.2) is 37.4 Å². The summed E-state index contributed by atoms with van der Waals surface area (Å²) in [6.45, 7) is 5.76. The molecule has 0 unspecified atom stereocenters. The fraction of sp³-hybridized carbons (Fsp3) is 0.800. The molecule has 0 aliphatic carbocycles. The lowest BCUT2D eigenvalue weighted by Gasteiger charge is -2.19. The molecule has 0 aromatic rings. The van der Waals surface area contributed by atoms with E-state index in [4.69, 9.17) is 9.47 Å². The molecule has 0 aliphatic rings. The normalized spacial score (nSPS) is 10.8. The van der Waals surface area contributed by atoms with Crippen LogP contribution < -0.4 is 5.32 Å². The lowest BCUT2D eigenvalue weighted by molar-refractivity contribution is -0.184. The maximum Gasteiger partial charge on any atom is 0.407 e. The smallest absolute Gasteiger partial charge is 0.407 e. The number of hydrogen-bond donors (Lipinski definition) is 1. The molecule has 1 amide bonds. The number of amides is 1. The molecule has 0 aromatic heterocycles. The monoisotopic (exact) mass is 251 g/mol. The summed E-state index contributed by atoms with van der Waals surface area (Å²) in [5.41, 5.74) is -0.546. The van der Waals surface area contributed by atoms with Gasteiger partial charge in [0.15, 0.2) is 0 Å². The molecule has 0 fully saturated rings. The number of carbonyl (C=O) groups excluding carboxylic acids is 2. The summed E-state index contributed by atoms with van der Waals surface area (Å²) in [7, 11) is 0. The van der Waals surface area contributed by atoms with E-state index in [2.05, 4.69) is 10.3 Å². The highest BCUT2D eigenvalue weighted by Crippen LogP contribution is 2.05. The van der Waals surface area contributed by atoms with Gasteiger partial charge in [0.05, 0.1) is 19.6 Å². The second-order valence-corrected chi connectivity index (χ2v) is 4.24. The Labute approximate surface area is 99.3 Å². The van der Waals surface area contributed by atoms with E-state index in [9.17, 15) is 14.1 Å². The van der Waals surface area contributed by atoms with E-state index in [1.54, 1.807) is 20.8 Å². The number of hydrogen-bond acceptors (Lipinski definition) is 5. The van der Waals surface area contributed by atoms with E-state index >= 15 is 0 Å². The van der Waals surface area contributed by atoms with Gasteiger partial charge in [0.1, 0.15) is 5.60 Å². The summed E-state index contributed by atoms with van der Waals surface area (Å²) in [5.74, 6) is -0.981. The standard InChI is InChI=1S/C10H18FNO5/c1-10(2,3)16-9(14)12-5-7-15-6-4-8(13)17-11/h4-7H2,1-3H3,(H,12,14). The first-order valence-corrected chi connectivity index (χ1v) is 5.21. The van der Waals surface area contributed by atoms with Crippen molar-refractivity contribution in [3.63, 3.8) is 0 Å². The predicted octanol–water partition coefficient (Wildman–Crippen LogP) is 1.35. The number of alkyl carbamates (subject to hydrolysis) is 1. The maximum atomic E-state index is 11.2. The molecule has 6 nitrogen and oxygen atoms in total. The van der Waals surface area contributed by atoms with Crippen molar-refractivity contribution in [1.29, 1.82) is 0 Å². The van der Waals surface area contributed by atoms with Gasteiger partial charge in [-0.2, -0.15) is 0 Å². The van der Waals surface area contributed by atoms with Gasteiger partial charge in [-0.25, -0.2) is 9.59 Å². The second kappa shape index (κ2) is 7.83. The topological polar surface area (TPSA) is 73.9 Å². The van der Waals surface area contributed by atoms with Crippen molar-refractivity contribution in [3.05, 3.63) is 0 Å². The third-order valence-electron chi connectivity index (χ3n) is 1.45. The summed E-state index contributed by atoms with van der Waals surface area (Å²) in [5, 5.41) is 2.46. The van der Waals surface area contributed by atoms with Crippen molar-refractivity contribution >= 4 is 12.1 Å². The van der Waals surface area contributed by atoms with Crippen LogP contribution in [0.5, 0.6) is 0 Å². The van der Waals surface area contributed by atoms with Gasteiger partial charge < -0.3 is 14.8 Å². The number of ether oxygens (including phenoxy) is 2. The molecule has 0 bridgehead atoms. The summed E-state index contributed by atoms with van der Waals surface area (Å²) in [6, 6.07) is 0. The molecule has 100 valence electrons. The molecule has 0 saturated heterocycles. The van der Waals surface area contributed by atoms with Gasteiger partial charge in [0.25, 0.3) is 0 Å². The average Bonchev–Trinajstić information content (AvgIpc) is 2.20. The molecule has 0 rings (SSSR count). The highest BCUT2D eigenvalue weighted by molar-refractivity contribution is 5.68. The molecule has 7 heteroatoms. The van der Waals surface area contributed by atoms with Gasteiger partial charge >= 0.3 is 12.1 Å². The second-order valence-electron chi connectivity index (χ2n) is 4.24. The fourth-order valence-corrected chi connectivity index (χ4v) is 0.836. The first-order valence-electron chi connectivity index (χ1n) is 5.21. The van der Waals surface area contributed by atoms with Crippen LogP contribution in [0.1, 0.15) is 27.2 Å². The highest BCUT2D eigenvalue weighted by Gasteiger charge is 2.15. The number of rotatable bonds is 6. The van der Waals surface area contributed by atoms with Gasteiger partial charge in [-0.1, -0.05) is 0 Å². The zero-order chi connectivity index (χ0) is 13.3. The first-order chi connectivity index (χ1) is 7.85. The molecular weight excluding hydrogens is 233 g/mol. The van der Waals surface area contributed by atoms with Crippen LogP contribution in [0.4, 0.5) is 9.32 Å². The quantitative estimate of drug-likeness (QED) is 0.721. The molecule has 0 radical (unpaired) electrons. The Morgan fingerprint density at radius 2 is 1.88 bits per heavy atom. The highest BCUT2D eigenvalue weighted by atomic mass is 19.3. The Balaban J connectivity index is 3.40. The van der Waals surface area contributed by atoms with Crippen LogP contribution in [0.2, 0.25) is 0 Å². The van der Waals surface area contributed by atoms with E-state index in [1.165, 1.54) is 0 Å². The third kappa shape index (κ3) is 10.9. The number of carbonyl (C=O) groups is 2. The van der Waals surface area contributed by atoms with Gasteiger partial charge in [0, 0.05) is 11.1 Å². The van der Waals surface area contributed by atoms with Crippen LogP contribution >= 0.6 is 0 Å². The van der Waals surface area contributed by atoms with Crippen LogP contribution in [0.15, 0.2) is 0 Å². The molecule has 0 spiro atoms. The molecule has 0 heterocycles. The lowest BCUT2D eigenvalue weighted by Crippen LogP contribution is -2.34. The molecular formula is C10H18FNO5. The molecule has 0 saturated carbocycles. The summed E-state index contributed by atoms with van der Waals surface area (Å²) >= 11 is 0. The Morgan fingerprint density at radius 3 is 2.41 bits per heavy atom. The zero-order valence-corrected chi connectivity index (χ0v) is 10.2. The minimum atomic E-state index is -0.981. The minimum Gasteiger partial charge on any atom is -0.444 e. The van der Waals surface area contributed by atoms with Crippen molar-refractivity contribution in [2.45, 2.75) is 32.8 Å². The van der Waals surface area contributed by atoms with E-state index in [0.29, 0.717) is 0 Å². The van der Waals surface area contributed by atoms with Gasteiger partial charge in [-0.15, -0.1) is 0 Å². The number of nitrogens with one attached hydrogen (secondary N) is 1. The SMILES string of the molecule is CC(C)(C)OC(=O)NCCOCCC(=O)OF. The lowest BCUT2D eigenvalue weighted by atomic mass is 10.2.